The molecule has 124 valence electrons. The lowest BCUT2D eigenvalue weighted by Gasteiger charge is -2.26. The molecule has 3 aromatic carbocycles. The Kier molecular flexibility index (Phi) is 3.05. The molecule has 5 rings (SSSR count). The van der Waals surface area contributed by atoms with E-state index in [9.17, 15) is 0 Å². The maximum Gasteiger partial charge on any atom is 0.119 e. The smallest absolute Gasteiger partial charge is 0.119 e. The monoisotopic (exact) mass is 344 g/mol. The van der Waals surface area contributed by atoms with Crippen molar-refractivity contribution in [1.29, 1.82) is 0 Å². The fourth-order valence-corrected chi connectivity index (χ4v) is 5.45. The maximum atomic E-state index is 5.50. The Balaban J connectivity index is 1.88. The molecule has 1 heterocycles. The second-order valence-corrected chi connectivity index (χ2v) is 8.17. The molecular formula is C23H20OS. The highest BCUT2D eigenvalue weighted by atomic mass is 32.1. The lowest BCUT2D eigenvalue weighted by molar-refractivity contribution is 0.413. The van der Waals surface area contributed by atoms with Crippen molar-refractivity contribution >= 4 is 31.5 Å². The van der Waals surface area contributed by atoms with Gasteiger partial charge in [0.05, 0.1) is 7.11 Å². The Morgan fingerprint density at radius 2 is 1.68 bits per heavy atom. The van der Waals surface area contributed by atoms with E-state index < -0.39 is 0 Å². The van der Waals surface area contributed by atoms with Crippen molar-refractivity contribution in [2.24, 2.45) is 0 Å². The Bertz CT molecular complexity index is 1140. The molecule has 0 spiro atoms. The molecule has 0 N–H and O–H groups in total. The van der Waals surface area contributed by atoms with Crippen LogP contribution < -0.4 is 4.74 Å². The van der Waals surface area contributed by atoms with Crippen LogP contribution in [0.2, 0.25) is 0 Å². The third kappa shape index (κ3) is 1.89. The number of hydrogen-bond acceptors (Lipinski definition) is 2. The van der Waals surface area contributed by atoms with Gasteiger partial charge in [0.15, 0.2) is 0 Å². The number of fused-ring (bicyclic) bond motifs is 6. The number of benzene rings is 3. The van der Waals surface area contributed by atoms with E-state index in [2.05, 4.69) is 68.4 Å². The lowest BCUT2D eigenvalue weighted by atomic mass is 9.77. The highest BCUT2D eigenvalue weighted by Crippen LogP contribution is 2.53. The number of rotatable bonds is 2. The van der Waals surface area contributed by atoms with Crippen LogP contribution >= 0.6 is 11.3 Å². The van der Waals surface area contributed by atoms with Crippen LogP contribution in [0.25, 0.3) is 31.3 Å². The number of thiophene rings is 1. The summed E-state index contributed by atoms with van der Waals surface area (Å²) in [6, 6.07) is 20.1. The van der Waals surface area contributed by atoms with Crippen molar-refractivity contribution in [3.8, 4) is 16.9 Å². The Hall–Kier alpha value is -2.32. The zero-order valence-corrected chi connectivity index (χ0v) is 15.5. The molecule has 0 amide bonds. The summed E-state index contributed by atoms with van der Waals surface area (Å²) in [4.78, 5) is 0. The third-order valence-electron chi connectivity index (χ3n) is 5.93. The first-order chi connectivity index (χ1) is 12.2. The average Bonchev–Trinajstić information content (AvgIpc) is 3.14. The molecule has 4 aromatic rings. The fraction of sp³-hybridized carbons (Fsp3) is 0.217. The average molecular weight is 344 g/mol. The number of methoxy groups -OCH3 is 1. The maximum absolute atomic E-state index is 5.50. The first kappa shape index (κ1) is 15.0. The molecule has 0 saturated carbocycles. The molecule has 0 bridgehead atoms. The predicted octanol–water partition coefficient (Wildman–Crippen LogP) is 6.76. The van der Waals surface area contributed by atoms with E-state index >= 15 is 0 Å². The van der Waals surface area contributed by atoms with E-state index in [1.165, 1.54) is 42.4 Å². The van der Waals surface area contributed by atoms with Gasteiger partial charge in [0.2, 0.25) is 0 Å². The van der Waals surface area contributed by atoms with Crippen LogP contribution in [0.1, 0.15) is 31.4 Å². The van der Waals surface area contributed by atoms with Crippen LogP contribution in [0.4, 0.5) is 0 Å². The minimum atomic E-state index is 0.0381. The first-order valence-electron chi connectivity index (χ1n) is 8.80. The van der Waals surface area contributed by atoms with Gasteiger partial charge in [0.1, 0.15) is 5.75 Å². The highest BCUT2D eigenvalue weighted by Gasteiger charge is 2.38. The summed E-state index contributed by atoms with van der Waals surface area (Å²) in [6.07, 6.45) is 1.08. The molecule has 2 heteroatoms. The molecule has 1 nitrogen and oxygen atoms in total. The van der Waals surface area contributed by atoms with Crippen molar-refractivity contribution in [3.05, 3.63) is 65.7 Å². The molecular weight excluding hydrogens is 324 g/mol. The summed E-state index contributed by atoms with van der Waals surface area (Å²) >= 11 is 1.89. The van der Waals surface area contributed by atoms with Crippen molar-refractivity contribution in [2.45, 2.75) is 25.7 Å². The standard InChI is InChI=1S/C23H20OS/c1-4-23(2)19-11-14(24-3)9-10-15(19)17-13-22-18(12-20(17)23)16-7-5-6-8-21(16)25-22/h5-13H,4H2,1-3H3. The van der Waals surface area contributed by atoms with E-state index in [1.807, 2.05) is 11.3 Å². The van der Waals surface area contributed by atoms with Gasteiger partial charge in [-0.3, -0.25) is 0 Å². The van der Waals surface area contributed by atoms with Gasteiger partial charge in [-0.25, -0.2) is 0 Å². The van der Waals surface area contributed by atoms with Crippen molar-refractivity contribution in [1.82, 2.24) is 0 Å². The second-order valence-electron chi connectivity index (χ2n) is 7.09. The van der Waals surface area contributed by atoms with Gasteiger partial charge < -0.3 is 4.74 Å². The van der Waals surface area contributed by atoms with Gasteiger partial charge in [0.25, 0.3) is 0 Å². The Morgan fingerprint density at radius 1 is 0.880 bits per heavy atom. The normalized spacial score (nSPS) is 18.5. The van der Waals surface area contributed by atoms with Crippen LogP contribution in [-0.2, 0) is 5.41 Å². The summed E-state index contributed by atoms with van der Waals surface area (Å²) in [7, 11) is 1.75. The fourth-order valence-electron chi connectivity index (χ4n) is 4.32. The van der Waals surface area contributed by atoms with Crippen molar-refractivity contribution in [2.75, 3.05) is 7.11 Å². The zero-order valence-electron chi connectivity index (χ0n) is 14.7. The lowest BCUT2D eigenvalue weighted by Crippen LogP contribution is -2.19. The summed E-state index contributed by atoms with van der Waals surface area (Å²) in [5, 5.41) is 2.76. The van der Waals surface area contributed by atoms with Crippen LogP contribution in [0.3, 0.4) is 0 Å². The zero-order chi connectivity index (χ0) is 17.2. The Morgan fingerprint density at radius 3 is 2.48 bits per heavy atom. The minimum absolute atomic E-state index is 0.0381. The van der Waals surface area contributed by atoms with E-state index in [4.69, 9.17) is 4.74 Å². The molecule has 0 saturated heterocycles. The molecule has 25 heavy (non-hydrogen) atoms. The van der Waals surface area contributed by atoms with Crippen LogP contribution in [0.5, 0.6) is 5.75 Å². The van der Waals surface area contributed by atoms with E-state index in [1.54, 1.807) is 7.11 Å². The molecule has 0 aliphatic heterocycles. The predicted molar refractivity (Wildman–Crippen MR) is 108 cm³/mol. The second kappa shape index (κ2) is 5.09. The van der Waals surface area contributed by atoms with Gasteiger partial charge in [-0.15, -0.1) is 11.3 Å². The SMILES string of the molecule is CCC1(C)c2cc(OC)ccc2-c2cc3sc4ccccc4c3cc21. The van der Waals surface area contributed by atoms with Crippen molar-refractivity contribution < 1.29 is 4.74 Å². The summed E-state index contributed by atoms with van der Waals surface area (Å²) in [6.45, 7) is 4.66. The van der Waals surface area contributed by atoms with Gasteiger partial charge in [-0.05, 0) is 59.0 Å². The first-order valence-corrected chi connectivity index (χ1v) is 9.62. The molecule has 1 aromatic heterocycles. The number of ether oxygens (including phenoxy) is 1. The molecule has 0 fully saturated rings. The van der Waals surface area contributed by atoms with E-state index in [0.717, 1.165) is 12.2 Å². The highest BCUT2D eigenvalue weighted by molar-refractivity contribution is 7.25. The third-order valence-corrected chi connectivity index (χ3v) is 7.06. The largest absolute Gasteiger partial charge is 0.497 e. The minimum Gasteiger partial charge on any atom is -0.497 e. The Labute approximate surface area is 151 Å². The van der Waals surface area contributed by atoms with Gasteiger partial charge in [0, 0.05) is 25.6 Å². The summed E-state index contributed by atoms with van der Waals surface area (Å²) < 4.78 is 8.24. The molecule has 0 radical (unpaired) electrons. The molecule has 1 unspecified atom stereocenters. The van der Waals surface area contributed by atoms with Crippen LogP contribution in [0.15, 0.2) is 54.6 Å². The van der Waals surface area contributed by atoms with E-state index in [-0.39, 0.29) is 5.41 Å². The quantitative estimate of drug-likeness (QED) is 0.390. The van der Waals surface area contributed by atoms with Crippen LogP contribution in [-0.4, -0.2) is 7.11 Å². The van der Waals surface area contributed by atoms with E-state index in [0.29, 0.717) is 0 Å². The molecule has 1 aliphatic carbocycles. The topological polar surface area (TPSA) is 9.23 Å². The summed E-state index contributed by atoms with van der Waals surface area (Å²) in [5.74, 6) is 0.943. The summed E-state index contributed by atoms with van der Waals surface area (Å²) in [5.41, 5.74) is 5.64. The van der Waals surface area contributed by atoms with Crippen LogP contribution in [0, 0.1) is 0 Å². The number of hydrogen-bond donors (Lipinski definition) is 0. The van der Waals surface area contributed by atoms with Gasteiger partial charge in [-0.2, -0.15) is 0 Å². The molecule has 1 aliphatic rings. The van der Waals surface area contributed by atoms with Gasteiger partial charge in [-0.1, -0.05) is 38.1 Å². The molecule has 1 atom stereocenters. The van der Waals surface area contributed by atoms with Crippen molar-refractivity contribution in [3.63, 3.8) is 0 Å². The van der Waals surface area contributed by atoms with Gasteiger partial charge >= 0.3 is 0 Å².